The van der Waals surface area contributed by atoms with Crippen LogP contribution in [0.3, 0.4) is 0 Å². The zero-order valence-corrected chi connectivity index (χ0v) is 14.3. The molecule has 0 unspecified atom stereocenters. The fourth-order valence-electron chi connectivity index (χ4n) is 4.83. The van der Waals surface area contributed by atoms with Crippen LogP contribution in [0.25, 0.3) is 0 Å². The lowest BCUT2D eigenvalue weighted by atomic mass is 9.63. The van der Waals surface area contributed by atoms with Gasteiger partial charge < -0.3 is 0 Å². The van der Waals surface area contributed by atoms with Gasteiger partial charge in [-0.3, -0.25) is 19.8 Å². The molecule has 1 heterocycles. The number of allylic oxidation sites excluding steroid dienone is 2. The Morgan fingerprint density at radius 2 is 1.54 bits per heavy atom. The molecule has 6 heteroatoms. The Hall–Kier alpha value is -1.95. The van der Waals surface area contributed by atoms with Gasteiger partial charge in [0.2, 0.25) is 0 Å². The second kappa shape index (κ2) is 4.79. The number of rotatable bonds is 2. The van der Waals surface area contributed by atoms with Gasteiger partial charge in [-0.15, -0.1) is 0 Å². The fourth-order valence-corrected chi connectivity index (χ4v) is 5.10. The third-order valence-electron chi connectivity index (χ3n) is 5.98. The molecular weight excluding hydrogens is 372 g/mol. The highest BCUT2D eigenvalue weighted by molar-refractivity contribution is 9.10. The molecule has 2 saturated carbocycles. The second-order valence-electron chi connectivity index (χ2n) is 7.11. The number of nitrogens with zero attached hydrogens (tertiary/aromatic N) is 1. The number of hydrazine groups is 1. The van der Waals surface area contributed by atoms with Gasteiger partial charge in [0.15, 0.2) is 0 Å². The minimum Gasteiger partial charge on any atom is -0.272 e. The first kappa shape index (κ1) is 14.4. The first-order valence-corrected chi connectivity index (χ1v) is 8.98. The van der Waals surface area contributed by atoms with E-state index in [9.17, 15) is 14.4 Å². The number of amides is 3. The summed E-state index contributed by atoms with van der Waals surface area (Å²) in [5, 5.41) is 0.970. The maximum Gasteiger partial charge on any atom is 0.270 e. The summed E-state index contributed by atoms with van der Waals surface area (Å²) in [5.74, 6) is -0.0797. The van der Waals surface area contributed by atoms with E-state index in [0.717, 1.165) is 15.9 Å². The Kier molecular flexibility index (Phi) is 2.87. The van der Waals surface area contributed by atoms with E-state index in [-0.39, 0.29) is 35.5 Å². The molecule has 0 spiro atoms. The number of halogens is 1. The molecule has 5 nitrogen and oxygen atoms in total. The van der Waals surface area contributed by atoms with Crippen LogP contribution in [-0.2, 0) is 9.59 Å². The summed E-state index contributed by atoms with van der Waals surface area (Å²) in [5.41, 5.74) is 2.94. The van der Waals surface area contributed by atoms with Crippen molar-refractivity contribution in [2.24, 2.45) is 35.5 Å². The maximum atomic E-state index is 12.8. The number of hydrogen-bond donors (Lipinski definition) is 1. The average molecular weight is 387 g/mol. The molecule has 24 heavy (non-hydrogen) atoms. The topological polar surface area (TPSA) is 66.5 Å². The van der Waals surface area contributed by atoms with E-state index in [4.69, 9.17) is 0 Å². The van der Waals surface area contributed by atoms with E-state index in [1.165, 1.54) is 0 Å². The second-order valence-corrected chi connectivity index (χ2v) is 8.03. The lowest BCUT2D eigenvalue weighted by Crippen LogP contribution is -2.46. The first-order valence-electron chi connectivity index (χ1n) is 8.19. The molecule has 2 bridgehead atoms. The van der Waals surface area contributed by atoms with E-state index < -0.39 is 5.91 Å². The van der Waals surface area contributed by atoms with E-state index in [2.05, 4.69) is 33.5 Å². The molecule has 6 rings (SSSR count). The first-order chi connectivity index (χ1) is 11.6. The van der Waals surface area contributed by atoms with Gasteiger partial charge in [0.25, 0.3) is 17.7 Å². The number of nitrogens with one attached hydrogen (secondary N) is 1. The van der Waals surface area contributed by atoms with Crippen molar-refractivity contribution >= 4 is 33.7 Å². The van der Waals surface area contributed by atoms with Crippen LogP contribution >= 0.6 is 15.9 Å². The van der Waals surface area contributed by atoms with Crippen molar-refractivity contribution in [3.8, 4) is 0 Å². The number of carbonyl (C=O) groups excluding carboxylic acids is 3. The van der Waals surface area contributed by atoms with Crippen molar-refractivity contribution in [1.82, 2.24) is 10.4 Å². The third kappa shape index (κ3) is 1.83. The molecule has 0 aromatic heterocycles. The van der Waals surface area contributed by atoms with Gasteiger partial charge in [-0.1, -0.05) is 28.1 Å². The standard InChI is InChI=1S/C18H15BrN2O3/c19-9-3-1-8(2-4-9)16(22)20-21-17(23)14-10-5-6-11(13-7-12(10)13)15(14)18(21)24/h1-6,10-15H,7H2,(H,20,22)/t10-,11+,12+,13-,14-,15-/m1/s1. The van der Waals surface area contributed by atoms with Gasteiger partial charge in [0.05, 0.1) is 11.8 Å². The molecule has 1 aromatic carbocycles. The van der Waals surface area contributed by atoms with Crippen LogP contribution in [0.2, 0.25) is 0 Å². The van der Waals surface area contributed by atoms with Crippen molar-refractivity contribution in [3.05, 3.63) is 46.5 Å². The highest BCUT2D eigenvalue weighted by Crippen LogP contribution is 2.65. The van der Waals surface area contributed by atoms with Gasteiger partial charge in [0.1, 0.15) is 0 Å². The van der Waals surface area contributed by atoms with Crippen LogP contribution in [0, 0.1) is 35.5 Å². The Labute approximate surface area is 147 Å². The summed E-state index contributed by atoms with van der Waals surface area (Å²) in [6.45, 7) is 0. The molecule has 5 aliphatic rings. The molecule has 1 aromatic rings. The zero-order chi connectivity index (χ0) is 16.6. The van der Waals surface area contributed by atoms with Crippen LogP contribution in [-0.4, -0.2) is 22.7 Å². The summed E-state index contributed by atoms with van der Waals surface area (Å²) in [4.78, 5) is 37.9. The molecule has 1 saturated heterocycles. The highest BCUT2D eigenvalue weighted by Gasteiger charge is 2.67. The molecular formula is C18H15BrN2O3. The largest absolute Gasteiger partial charge is 0.272 e. The molecule has 3 fully saturated rings. The van der Waals surface area contributed by atoms with Gasteiger partial charge in [-0.05, 0) is 54.4 Å². The maximum absolute atomic E-state index is 12.8. The van der Waals surface area contributed by atoms with Crippen molar-refractivity contribution < 1.29 is 14.4 Å². The van der Waals surface area contributed by atoms with Crippen molar-refractivity contribution in [2.45, 2.75) is 6.42 Å². The SMILES string of the molecule is O=C(NN1C(=O)[C@@H]2[C@@H]3C=C[C@@H]([C@H]4C[C@@H]34)[C@H]2C1=O)c1ccc(Br)cc1. The van der Waals surface area contributed by atoms with Crippen LogP contribution < -0.4 is 5.43 Å². The normalized spacial score (nSPS) is 38.1. The average Bonchev–Trinajstić information content (AvgIpc) is 3.36. The van der Waals surface area contributed by atoms with Gasteiger partial charge in [0, 0.05) is 10.0 Å². The Balaban J connectivity index is 1.40. The quantitative estimate of drug-likeness (QED) is 0.625. The number of hydrogen-bond acceptors (Lipinski definition) is 3. The number of imide groups is 1. The summed E-state index contributed by atoms with van der Waals surface area (Å²) in [6.07, 6.45) is 5.36. The number of carbonyl (C=O) groups is 3. The minimum absolute atomic E-state index is 0.163. The lowest BCUT2D eigenvalue weighted by molar-refractivity contribution is -0.143. The molecule has 1 N–H and O–H groups in total. The predicted molar refractivity (Wildman–Crippen MR) is 88.2 cm³/mol. The van der Waals surface area contributed by atoms with E-state index in [1.807, 2.05) is 0 Å². The summed E-state index contributed by atoms with van der Waals surface area (Å²) in [6, 6.07) is 6.80. The third-order valence-corrected chi connectivity index (χ3v) is 6.51. The van der Waals surface area contributed by atoms with Crippen LogP contribution in [0.5, 0.6) is 0 Å². The Bertz CT molecular complexity index is 767. The van der Waals surface area contributed by atoms with Gasteiger partial charge >= 0.3 is 0 Å². The van der Waals surface area contributed by atoms with E-state index >= 15 is 0 Å². The van der Waals surface area contributed by atoms with Gasteiger partial charge in [-0.25, -0.2) is 0 Å². The predicted octanol–water partition coefficient (Wildman–Crippen LogP) is 2.15. The highest BCUT2D eigenvalue weighted by atomic mass is 79.9. The fraction of sp³-hybridized carbons (Fsp3) is 0.389. The van der Waals surface area contributed by atoms with Crippen LogP contribution in [0.1, 0.15) is 16.8 Å². The number of benzene rings is 1. The summed E-state index contributed by atoms with van der Waals surface area (Å²) < 4.78 is 0.861. The van der Waals surface area contributed by atoms with E-state index in [1.54, 1.807) is 24.3 Å². The van der Waals surface area contributed by atoms with Crippen molar-refractivity contribution in [3.63, 3.8) is 0 Å². The zero-order valence-electron chi connectivity index (χ0n) is 12.7. The Morgan fingerprint density at radius 3 is 2.08 bits per heavy atom. The smallest absolute Gasteiger partial charge is 0.270 e. The van der Waals surface area contributed by atoms with E-state index in [0.29, 0.717) is 17.4 Å². The lowest BCUT2D eigenvalue weighted by Gasteiger charge is -2.37. The summed E-state index contributed by atoms with van der Waals surface area (Å²) >= 11 is 3.32. The molecule has 1 aliphatic heterocycles. The summed E-state index contributed by atoms with van der Waals surface area (Å²) in [7, 11) is 0. The minimum atomic E-state index is -0.437. The molecule has 6 atom stereocenters. The Morgan fingerprint density at radius 1 is 1.00 bits per heavy atom. The molecule has 4 aliphatic carbocycles. The van der Waals surface area contributed by atoms with Gasteiger partial charge in [-0.2, -0.15) is 5.01 Å². The van der Waals surface area contributed by atoms with Crippen molar-refractivity contribution in [1.29, 1.82) is 0 Å². The van der Waals surface area contributed by atoms with Crippen LogP contribution in [0.4, 0.5) is 0 Å². The molecule has 0 radical (unpaired) electrons. The molecule has 3 amide bonds. The van der Waals surface area contributed by atoms with Crippen molar-refractivity contribution in [2.75, 3.05) is 0 Å². The monoisotopic (exact) mass is 386 g/mol. The molecule has 122 valence electrons. The van der Waals surface area contributed by atoms with Crippen LogP contribution in [0.15, 0.2) is 40.9 Å².